The molecule has 1 fully saturated rings. The molecule has 2 atom stereocenters. The molecule has 4 aliphatic carbocycles. The maximum Gasteiger partial charge on any atom is 0.252 e. The first-order chi connectivity index (χ1) is 42.5. The molecular formula is C86H92BN3. The SMILES string of the molecule is CC(C)(C)c1ccc(N2c3cc4c(cc3B3c5cc6c(cc5N(c5ccc7c(c5)C(C)(C)c5ccccc5C7(C)C)c5cc(N7c8ccccc8C8(C)CCCCC78C)cc2c53)C(C)(C)CCC6(C)C)C(C)(C)c2ccccc2C4(C)C)c(-c2ccccc2)c1. The molecular weight excluding hydrogens is 1090 g/mol. The average molecular weight is 1180 g/mol. The summed E-state index contributed by atoms with van der Waals surface area (Å²) in [5.74, 6) is 0. The van der Waals surface area contributed by atoms with E-state index in [4.69, 9.17) is 0 Å². The largest absolute Gasteiger partial charge is 0.334 e. The third-order valence-electron chi connectivity index (χ3n) is 25.1. The molecule has 0 radical (unpaired) electrons. The number of rotatable bonds is 4. The molecule has 0 amide bonds. The van der Waals surface area contributed by atoms with Gasteiger partial charge in [0.2, 0.25) is 0 Å². The second kappa shape index (κ2) is 18.6. The molecule has 16 rings (SSSR count). The van der Waals surface area contributed by atoms with Crippen molar-refractivity contribution < 1.29 is 0 Å². The van der Waals surface area contributed by atoms with Crippen molar-refractivity contribution in [3.05, 3.63) is 243 Å². The minimum Gasteiger partial charge on any atom is -0.334 e. The van der Waals surface area contributed by atoms with E-state index in [1.807, 2.05) is 0 Å². The summed E-state index contributed by atoms with van der Waals surface area (Å²) < 4.78 is 0. The lowest BCUT2D eigenvalue weighted by Crippen LogP contribution is -2.62. The Morgan fingerprint density at radius 3 is 1.41 bits per heavy atom. The minimum absolute atomic E-state index is 0.0216. The van der Waals surface area contributed by atoms with Gasteiger partial charge in [-0.1, -0.05) is 245 Å². The van der Waals surface area contributed by atoms with Gasteiger partial charge in [-0.25, -0.2) is 0 Å². The first-order valence-electron chi connectivity index (χ1n) is 34.1. The number of para-hydroxylation sites is 1. The van der Waals surface area contributed by atoms with E-state index in [1.165, 1.54) is 159 Å². The molecule has 0 N–H and O–H groups in total. The standard InChI is InChI=1S/C86H92BN3/c1-78(2,3)54-37-40-71(57(45-54)53-29-19-18-20-30-53)89-74-52-68-67(83(12,13)60-33-23-24-34-61(60)84(68,14)15)50-70(74)87-69-49-64-65(80(6,7)44-43-79(64,4)5)51-73(69)88(55-38-39-62-66(46-55)82(10,11)59-32-22-21-31-58(59)81(62,8)9)75-47-56(48-76(89)77(75)87)90-72-36-26-25-35-63(72)85(16)41-27-28-42-86(85,90)17/h18-26,29-40,45-52H,27-28,41-44H2,1-17H3. The molecule has 3 nitrogen and oxygen atoms in total. The molecule has 3 heterocycles. The normalized spacial score (nSPS) is 22.5. The zero-order valence-electron chi connectivity index (χ0n) is 56.9. The fraction of sp³-hybridized carbons (Fsp3) is 0.372. The smallest absolute Gasteiger partial charge is 0.252 e. The van der Waals surface area contributed by atoms with Crippen molar-refractivity contribution in [3.63, 3.8) is 0 Å². The van der Waals surface area contributed by atoms with Crippen molar-refractivity contribution in [2.75, 3.05) is 14.7 Å². The molecule has 9 aromatic carbocycles. The van der Waals surface area contributed by atoms with Crippen molar-refractivity contribution in [1.29, 1.82) is 0 Å². The van der Waals surface area contributed by atoms with Crippen LogP contribution in [0, 0.1) is 0 Å². The molecule has 9 aromatic rings. The summed E-state index contributed by atoms with van der Waals surface area (Å²) >= 11 is 0. The van der Waals surface area contributed by atoms with Gasteiger partial charge in [0.25, 0.3) is 6.71 Å². The minimum atomic E-state index is -0.279. The second-order valence-corrected chi connectivity index (χ2v) is 33.5. The van der Waals surface area contributed by atoms with Crippen molar-refractivity contribution >= 4 is 68.6 Å². The van der Waals surface area contributed by atoms with Gasteiger partial charge in [0.05, 0.1) is 11.2 Å². The first kappa shape index (κ1) is 57.6. The van der Waals surface area contributed by atoms with Gasteiger partial charge in [0, 0.05) is 72.5 Å². The molecule has 0 aromatic heterocycles. The molecule has 1 saturated carbocycles. The van der Waals surface area contributed by atoms with Crippen LogP contribution in [0.2, 0.25) is 0 Å². The number of anilines is 8. The third kappa shape index (κ3) is 7.60. The van der Waals surface area contributed by atoms with E-state index in [-0.39, 0.29) is 55.6 Å². The maximum absolute atomic E-state index is 2.86. The third-order valence-corrected chi connectivity index (χ3v) is 25.1. The Balaban J connectivity index is 1.09. The molecule has 90 heavy (non-hydrogen) atoms. The number of fused-ring (bicyclic) bond motifs is 12. The number of hydrogen-bond donors (Lipinski definition) is 0. The van der Waals surface area contributed by atoms with E-state index in [9.17, 15) is 0 Å². The van der Waals surface area contributed by atoms with Gasteiger partial charge in [-0.15, -0.1) is 0 Å². The van der Waals surface area contributed by atoms with Crippen LogP contribution in [0.5, 0.6) is 0 Å². The van der Waals surface area contributed by atoms with Crippen molar-refractivity contribution in [2.45, 2.75) is 205 Å². The van der Waals surface area contributed by atoms with Crippen molar-refractivity contribution in [1.82, 2.24) is 0 Å². The van der Waals surface area contributed by atoms with Gasteiger partial charge in [-0.2, -0.15) is 0 Å². The number of benzene rings is 9. The molecule has 7 aliphatic rings. The Kier molecular flexibility index (Phi) is 11.9. The predicted molar refractivity (Wildman–Crippen MR) is 384 cm³/mol. The molecule has 0 bridgehead atoms. The topological polar surface area (TPSA) is 9.72 Å². The lowest BCUT2D eigenvalue weighted by molar-refractivity contribution is 0.195. The molecule has 2 unspecified atom stereocenters. The van der Waals surface area contributed by atoms with Crippen LogP contribution in [0.4, 0.5) is 45.5 Å². The predicted octanol–water partition coefficient (Wildman–Crippen LogP) is 20.8. The Hall–Kier alpha value is -7.56. The Bertz CT molecular complexity index is 4540. The van der Waals surface area contributed by atoms with Crippen LogP contribution in [0.15, 0.2) is 176 Å². The molecule has 0 saturated heterocycles. The summed E-state index contributed by atoms with van der Waals surface area (Å²) in [5, 5.41) is 0. The summed E-state index contributed by atoms with van der Waals surface area (Å²) in [4.78, 5) is 8.45. The van der Waals surface area contributed by atoms with Gasteiger partial charge >= 0.3 is 0 Å². The van der Waals surface area contributed by atoms with Crippen molar-refractivity contribution in [3.8, 4) is 11.1 Å². The highest BCUT2D eigenvalue weighted by Crippen LogP contribution is 2.63. The summed E-state index contributed by atoms with van der Waals surface area (Å²) in [6.45, 7) is 42.2. The summed E-state index contributed by atoms with van der Waals surface area (Å²) in [6.07, 6.45) is 7.01. The van der Waals surface area contributed by atoms with Crippen LogP contribution >= 0.6 is 0 Å². The number of hydrogen-bond acceptors (Lipinski definition) is 3. The van der Waals surface area contributed by atoms with E-state index in [0.29, 0.717) is 0 Å². The fourth-order valence-corrected chi connectivity index (χ4v) is 19.4. The summed E-state index contributed by atoms with van der Waals surface area (Å²) in [7, 11) is 0. The first-order valence-corrected chi connectivity index (χ1v) is 34.1. The maximum atomic E-state index is 2.86. The summed E-state index contributed by atoms with van der Waals surface area (Å²) in [6, 6.07) is 71.0. The molecule has 454 valence electrons. The highest BCUT2D eigenvalue weighted by Gasteiger charge is 2.59. The van der Waals surface area contributed by atoms with E-state index in [1.54, 1.807) is 0 Å². The van der Waals surface area contributed by atoms with E-state index in [0.717, 1.165) is 19.3 Å². The zero-order chi connectivity index (χ0) is 63.0. The Morgan fingerprint density at radius 1 is 0.344 bits per heavy atom. The zero-order valence-corrected chi connectivity index (χ0v) is 56.9. The number of nitrogens with zero attached hydrogens (tertiary/aromatic N) is 3. The van der Waals surface area contributed by atoms with Crippen LogP contribution in [0.25, 0.3) is 11.1 Å². The molecule has 0 spiro atoms. The fourth-order valence-electron chi connectivity index (χ4n) is 19.4. The van der Waals surface area contributed by atoms with Crippen molar-refractivity contribution in [2.24, 2.45) is 0 Å². The lowest BCUT2D eigenvalue weighted by atomic mass is 9.32. The quantitative estimate of drug-likeness (QED) is 0.163. The lowest BCUT2D eigenvalue weighted by Gasteiger charge is -2.52. The van der Waals surface area contributed by atoms with Crippen LogP contribution in [-0.2, 0) is 43.3 Å². The van der Waals surface area contributed by atoms with Gasteiger partial charge in [-0.05, 0) is 192 Å². The molecule has 4 heteroatoms. The van der Waals surface area contributed by atoms with E-state index in [2.05, 4.69) is 308 Å². The van der Waals surface area contributed by atoms with E-state index < -0.39 is 0 Å². The monoisotopic (exact) mass is 1180 g/mol. The highest BCUT2D eigenvalue weighted by molar-refractivity contribution is 7.00. The highest BCUT2D eigenvalue weighted by atomic mass is 15.3. The van der Waals surface area contributed by atoms with Crippen LogP contribution in [0.1, 0.15) is 223 Å². The average Bonchev–Trinajstić information content (AvgIpc) is 0.935. The van der Waals surface area contributed by atoms with Gasteiger partial charge < -0.3 is 14.7 Å². The van der Waals surface area contributed by atoms with Gasteiger partial charge in [-0.3, -0.25) is 0 Å². The Labute approximate surface area is 539 Å². The molecule has 3 aliphatic heterocycles. The van der Waals surface area contributed by atoms with Crippen LogP contribution in [-0.4, -0.2) is 12.3 Å². The van der Waals surface area contributed by atoms with Gasteiger partial charge in [0.1, 0.15) is 0 Å². The Morgan fingerprint density at radius 2 is 0.811 bits per heavy atom. The van der Waals surface area contributed by atoms with Gasteiger partial charge in [0.15, 0.2) is 0 Å². The van der Waals surface area contributed by atoms with Crippen LogP contribution in [0.3, 0.4) is 0 Å². The summed E-state index contributed by atoms with van der Waals surface area (Å²) in [5.41, 5.74) is 32.6. The second-order valence-electron chi connectivity index (χ2n) is 33.5. The van der Waals surface area contributed by atoms with E-state index >= 15 is 0 Å². The van der Waals surface area contributed by atoms with Crippen LogP contribution < -0.4 is 31.1 Å².